The second-order valence-corrected chi connectivity index (χ2v) is 5.86. The van der Waals surface area contributed by atoms with Crippen LogP contribution in [0.4, 0.5) is 8.78 Å². The van der Waals surface area contributed by atoms with Gasteiger partial charge in [0.25, 0.3) is 11.8 Å². The summed E-state index contributed by atoms with van der Waals surface area (Å²) in [5.74, 6) is -3.91. The first-order chi connectivity index (χ1) is 9.22. The number of amides is 1. The van der Waals surface area contributed by atoms with Crippen molar-refractivity contribution < 1.29 is 22.0 Å². The number of carbonyl (C=O) groups excluding carboxylic acids is 1. The summed E-state index contributed by atoms with van der Waals surface area (Å²) < 4.78 is 50.8. The third kappa shape index (κ3) is 5.54. The molecule has 0 spiro atoms. The lowest BCUT2D eigenvalue weighted by Crippen LogP contribution is -2.41. The van der Waals surface area contributed by atoms with Crippen LogP contribution in [0, 0.1) is 0 Å². The molecule has 0 unspecified atom stereocenters. The van der Waals surface area contributed by atoms with Gasteiger partial charge in [-0.05, 0) is 31.3 Å². The molecule has 10 heteroatoms. The average Bonchev–Trinajstić information content (AvgIpc) is 2.45. The lowest BCUT2D eigenvalue weighted by Gasteiger charge is -2.14. The third-order valence-corrected chi connectivity index (χ3v) is 3.93. The van der Waals surface area contributed by atoms with Gasteiger partial charge in [-0.25, -0.2) is 21.9 Å². The van der Waals surface area contributed by atoms with E-state index in [1.54, 1.807) is 0 Å². The molecule has 0 saturated heterocycles. The number of hydrogen-bond acceptors (Lipinski definition) is 4. The van der Waals surface area contributed by atoms with Crippen LogP contribution >= 0.6 is 12.4 Å². The molecule has 0 aliphatic rings. The highest BCUT2D eigenvalue weighted by atomic mass is 35.5. The van der Waals surface area contributed by atoms with E-state index in [9.17, 15) is 22.0 Å². The molecule has 21 heavy (non-hydrogen) atoms. The number of nitrogens with one attached hydrogen (secondary N) is 2. The monoisotopic (exact) mass is 343 g/mol. The Morgan fingerprint density at radius 1 is 1.29 bits per heavy atom. The van der Waals surface area contributed by atoms with E-state index >= 15 is 0 Å². The van der Waals surface area contributed by atoms with Gasteiger partial charge in [0.15, 0.2) is 0 Å². The Morgan fingerprint density at radius 3 is 2.24 bits per heavy atom. The molecule has 120 valence electrons. The first-order valence-electron chi connectivity index (χ1n) is 5.61. The predicted molar refractivity (Wildman–Crippen MR) is 76.3 cm³/mol. The molecule has 6 nitrogen and oxygen atoms in total. The molecule has 0 aliphatic heterocycles. The van der Waals surface area contributed by atoms with E-state index in [2.05, 4.69) is 4.72 Å². The van der Waals surface area contributed by atoms with Gasteiger partial charge in [0.2, 0.25) is 10.0 Å². The number of rotatable bonds is 6. The van der Waals surface area contributed by atoms with Crippen molar-refractivity contribution in [2.45, 2.75) is 10.8 Å². The molecule has 0 atom stereocenters. The summed E-state index contributed by atoms with van der Waals surface area (Å²) in [5.41, 5.74) is 4.92. The summed E-state index contributed by atoms with van der Waals surface area (Å²) in [6.45, 7) is -1.74. The second-order valence-electron chi connectivity index (χ2n) is 3.97. The van der Waals surface area contributed by atoms with Gasteiger partial charge in [0.05, 0.1) is 18.0 Å². The van der Waals surface area contributed by atoms with E-state index in [0.717, 1.165) is 0 Å². The zero-order chi connectivity index (χ0) is 15.4. The summed E-state index contributed by atoms with van der Waals surface area (Å²) in [6.07, 6.45) is 0. The van der Waals surface area contributed by atoms with Crippen molar-refractivity contribution in [1.82, 2.24) is 10.0 Å². The largest absolute Gasteiger partial charge is 0.346 e. The average molecular weight is 344 g/mol. The molecule has 1 amide bonds. The molecule has 0 fully saturated rings. The molecule has 1 rings (SSSR count). The highest BCUT2D eigenvalue weighted by molar-refractivity contribution is 7.89. The topological polar surface area (TPSA) is 101 Å². The second kappa shape index (κ2) is 7.64. The molecule has 0 aromatic heterocycles. The van der Waals surface area contributed by atoms with Crippen molar-refractivity contribution in [3.63, 3.8) is 0 Å². The van der Waals surface area contributed by atoms with Gasteiger partial charge in [-0.2, -0.15) is 0 Å². The van der Waals surface area contributed by atoms with Crippen LogP contribution in [-0.4, -0.2) is 40.4 Å². The van der Waals surface area contributed by atoms with Gasteiger partial charge < -0.3 is 11.1 Å². The van der Waals surface area contributed by atoms with Crippen LogP contribution in [0.1, 0.15) is 10.4 Å². The summed E-state index contributed by atoms with van der Waals surface area (Å²) in [4.78, 5) is 11.6. The summed E-state index contributed by atoms with van der Waals surface area (Å²) in [7, 11) is -2.34. The maximum atomic E-state index is 12.9. The minimum Gasteiger partial charge on any atom is -0.346 e. The Hall–Kier alpha value is -1.29. The van der Waals surface area contributed by atoms with Crippen LogP contribution in [0.2, 0.25) is 0 Å². The van der Waals surface area contributed by atoms with Crippen molar-refractivity contribution >= 4 is 28.3 Å². The van der Waals surface area contributed by atoms with Crippen molar-refractivity contribution in [2.24, 2.45) is 5.73 Å². The van der Waals surface area contributed by atoms with Gasteiger partial charge in [-0.1, -0.05) is 0 Å². The minimum absolute atomic E-state index is 0. The minimum atomic E-state index is -3.60. The first kappa shape index (κ1) is 19.7. The van der Waals surface area contributed by atoms with Crippen LogP contribution in [0.25, 0.3) is 0 Å². The van der Waals surface area contributed by atoms with Crippen LogP contribution in [0.15, 0.2) is 29.2 Å². The first-order valence-corrected chi connectivity index (χ1v) is 7.10. The van der Waals surface area contributed by atoms with Crippen LogP contribution in [0.5, 0.6) is 0 Å². The third-order valence-electron chi connectivity index (χ3n) is 2.50. The number of hydrogen-bond donors (Lipinski definition) is 3. The lowest BCUT2D eigenvalue weighted by molar-refractivity contribution is 0.0118. The van der Waals surface area contributed by atoms with E-state index in [1.165, 1.54) is 31.3 Å². The molecule has 0 bridgehead atoms. The van der Waals surface area contributed by atoms with E-state index in [0.29, 0.717) is 0 Å². The number of alkyl halides is 2. The molecule has 1 aromatic rings. The smallest absolute Gasteiger partial charge is 0.277 e. The van der Waals surface area contributed by atoms with E-state index < -0.39 is 34.9 Å². The maximum Gasteiger partial charge on any atom is 0.277 e. The van der Waals surface area contributed by atoms with E-state index in [1.807, 2.05) is 5.32 Å². The molecular weight excluding hydrogens is 328 g/mol. The fourth-order valence-electron chi connectivity index (χ4n) is 1.29. The van der Waals surface area contributed by atoms with Crippen LogP contribution < -0.4 is 15.8 Å². The predicted octanol–water partition coefficient (Wildman–Crippen LogP) is 0.340. The molecule has 0 heterocycles. The molecule has 4 N–H and O–H groups in total. The number of nitrogens with two attached hydrogens (primary N) is 1. The zero-order valence-corrected chi connectivity index (χ0v) is 12.7. The Bertz CT molecular complexity index is 579. The number of benzene rings is 1. The van der Waals surface area contributed by atoms with Crippen molar-refractivity contribution in [3.8, 4) is 0 Å². The molecule has 0 radical (unpaired) electrons. The highest BCUT2D eigenvalue weighted by Gasteiger charge is 2.27. The Balaban J connectivity index is 0.00000400. The fourth-order valence-corrected chi connectivity index (χ4v) is 2.02. The molecular formula is C11H16ClF2N3O3S. The van der Waals surface area contributed by atoms with Gasteiger partial charge in [-0.15, -0.1) is 12.4 Å². The van der Waals surface area contributed by atoms with Crippen molar-refractivity contribution in [3.05, 3.63) is 29.8 Å². The van der Waals surface area contributed by atoms with Gasteiger partial charge in [0.1, 0.15) is 0 Å². The van der Waals surface area contributed by atoms with Gasteiger partial charge >= 0.3 is 0 Å². The summed E-state index contributed by atoms with van der Waals surface area (Å²) in [5, 5.41) is 2.03. The summed E-state index contributed by atoms with van der Waals surface area (Å²) >= 11 is 0. The maximum absolute atomic E-state index is 12.9. The molecule has 1 aromatic carbocycles. The lowest BCUT2D eigenvalue weighted by atomic mass is 10.2. The molecule has 0 saturated carbocycles. The van der Waals surface area contributed by atoms with Gasteiger partial charge in [0, 0.05) is 5.56 Å². The van der Waals surface area contributed by atoms with E-state index in [-0.39, 0.29) is 22.9 Å². The summed E-state index contributed by atoms with van der Waals surface area (Å²) in [6, 6.07) is 4.89. The Labute approximate surface area is 127 Å². The van der Waals surface area contributed by atoms with Crippen LogP contribution in [0.3, 0.4) is 0 Å². The standard InChI is InChI=1S/C11H15F2N3O3S.ClH/c1-15-20(18,19)9-4-2-8(3-5-9)10(17)16-7-11(12,13)6-14;/h2-5,15H,6-7,14H2,1H3,(H,16,17);1H. The molecule has 0 aliphatic carbocycles. The number of carbonyl (C=O) groups is 1. The fraction of sp³-hybridized carbons (Fsp3) is 0.364. The number of sulfonamides is 1. The quantitative estimate of drug-likeness (QED) is 0.693. The van der Waals surface area contributed by atoms with Crippen molar-refractivity contribution in [2.75, 3.05) is 20.1 Å². The van der Waals surface area contributed by atoms with E-state index in [4.69, 9.17) is 5.73 Å². The van der Waals surface area contributed by atoms with Crippen LogP contribution in [-0.2, 0) is 10.0 Å². The normalized spacial score (nSPS) is 11.6. The van der Waals surface area contributed by atoms with Crippen molar-refractivity contribution in [1.29, 1.82) is 0 Å². The SMILES string of the molecule is CNS(=O)(=O)c1ccc(C(=O)NCC(F)(F)CN)cc1.Cl. The zero-order valence-electron chi connectivity index (χ0n) is 11.1. The Kier molecular flexibility index (Phi) is 7.17. The Morgan fingerprint density at radius 2 is 1.81 bits per heavy atom. The number of halogens is 3. The highest BCUT2D eigenvalue weighted by Crippen LogP contribution is 2.12. The van der Waals surface area contributed by atoms with Gasteiger partial charge in [-0.3, -0.25) is 4.79 Å².